The van der Waals surface area contributed by atoms with E-state index in [-0.39, 0.29) is 24.3 Å². The fraction of sp³-hybridized carbons (Fsp3) is 0.818. The topological polar surface area (TPSA) is 58.6 Å². The summed E-state index contributed by atoms with van der Waals surface area (Å²) in [6.07, 6.45) is 1.02. The van der Waals surface area contributed by atoms with Crippen molar-refractivity contribution in [2.75, 3.05) is 20.2 Å². The SMILES string of the molecule is CCN1C(=O)C(CC(=O)OC)NCCC1C. The molecule has 1 heterocycles. The van der Waals surface area contributed by atoms with Crippen molar-refractivity contribution in [3.05, 3.63) is 0 Å². The minimum absolute atomic E-state index is 0.00194. The lowest BCUT2D eigenvalue weighted by atomic mass is 10.1. The molecule has 1 aliphatic heterocycles. The molecule has 1 fully saturated rings. The van der Waals surface area contributed by atoms with E-state index < -0.39 is 6.04 Å². The molecule has 0 aromatic heterocycles. The summed E-state index contributed by atoms with van der Waals surface area (Å²) in [5.74, 6) is -0.352. The Morgan fingerprint density at radius 1 is 1.62 bits per heavy atom. The van der Waals surface area contributed by atoms with Gasteiger partial charge in [-0.15, -0.1) is 0 Å². The van der Waals surface area contributed by atoms with E-state index in [9.17, 15) is 9.59 Å². The molecule has 0 aliphatic carbocycles. The van der Waals surface area contributed by atoms with Crippen molar-refractivity contribution >= 4 is 11.9 Å². The zero-order valence-electron chi connectivity index (χ0n) is 10.2. The fourth-order valence-corrected chi connectivity index (χ4v) is 2.00. The number of carbonyl (C=O) groups excluding carboxylic acids is 2. The molecule has 92 valence electrons. The van der Waals surface area contributed by atoms with Gasteiger partial charge >= 0.3 is 5.97 Å². The van der Waals surface area contributed by atoms with Crippen LogP contribution in [-0.4, -0.2) is 49.1 Å². The maximum atomic E-state index is 12.1. The van der Waals surface area contributed by atoms with Crippen molar-refractivity contribution in [3.63, 3.8) is 0 Å². The first kappa shape index (κ1) is 13.0. The third-order valence-corrected chi connectivity index (χ3v) is 3.01. The van der Waals surface area contributed by atoms with Gasteiger partial charge in [-0.1, -0.05) is 0 Å². The maximum absolute atomic E-state index is 12.1. The normalized spacial score (nSPS) is 26.4. The van der Waals surface area contributed by atoms with E-state index in [1.807, 2.05) is 18.7 Å². The van der Waals surface area contributed by atoms with Gasteiger partial charge in [0.1, 0.15) is 0 Å². The molecule has 2 unspecified atom stereocenters. The van der Waals surface area contributed by atoms with Crippen LogP contribution in [0.25, 0.3) is 0 Å². The van der Waals surface area contributed by atoms with E-state index >= 15 is 0 Å². The van der Waals surface area contributed by atoms with E-state index in [1.54, 1.807) is 0 Å². The largest absolute Gasteiger partial charge is 0.469 e. The molecule has 16 heavy (non-hydrogen) atoms. The second-order valence-electron chi connectivity index (χ2n) is 4.05. The Hall–Kier alpha value is -1.10. The van der Waals surface area contributed by atoms with Gasteiger partial charge in [0, 0.05) is 12.6 Å². The Balaban J connectivity index is 2.70. The van der Waals surface area contributed by atoms with Gasteiger partial charge in [0.25, 0.3) is 0 Å². The minimum Gasteiger partial charge on any atom is -0.469 e. The number of methoxy groups -OCH3 is 1. The lowest BCUT2D eigenvalue weighted by molar-refractivity contribution is -0.145. The Morgan fingerprint density at radius 2 is 2.31 bits per heavy atom. The molecule has 0 spiro atoms. The van der Waals surface area contributed by atoms with Crippen LogP contribution in [0.3, 0.4) is 0 Å². The van der Waals surface area contributed by atoms with Gasteiger partial charge in [-0.05, 0) is 26.8 Å². The number of amides is 1. The monoisotopic (exact) mass is 228 g/mol. The number of likely N-dealkylation sites (N-methyl/N-ethyl adjacent to an activating group) is 1. The molecule has 0 bridgehead atoms. The number of ether oxygens (including phenoxy) is 1. The highest BCUT2D eigenvalue weighted by Crippen LogP contribution is 2.12. The second kappa shape index (κ2) is 5.84. The molecule has 0 aromatic rings. The highest BCUT2D eigenvalue weighted by molar-refractivity contribution is 5.87. The summed E-state index contributed by atoms with van der Waals surface area (Å²) in [4.78, 5) is 25.1. The standard InChI is InChI=1S/C11H20N2O3/c1-4-13-8(2)5-6-12-9(11(13)15)7-10(14)16-3/h8-9,12H,4-7H2,1-3H3. The van der Waals surface area contributed by atoms with Crippen LogP contribution in [0.5, 0.6) is 0 Å². The van der Waals surface area contributed by atoms with Crippen molar-refractivity contribution in [2.24, 2.45) is 0 Å². The molecular weight excluding hydrogens is 208 g/mol. The van der Waals surface area contributed by atoms with E-state index in [2.05, 4.69) is 10.1 Å². The summed E-state index contributed by atoms with van der Waals surface area (Å²) in [7, 11) is 1.34. The van der Waals surface area contributed by atoms with Gasteiger partial charge in [0.2, 0.25) is 5.91 Å². The summed E-state index contributed by atoms with van der Waals surface area (Å²) >= 11 is 0. The number of hydrogen-bond donors (Lipinski definition) is 1. The van der Waals surface area contributed by atoms with Crippen LogP contribution >= 0.6 is 0 Å². The van der Waals surface area contributed by atoms with Crippen LogP contribution in [0, 0.1) is 0 Å². The van der Waals surface area contributed by atoms with Gasteiger partial charge in [0.15, 0.2) is 0 Å². The number of nitrogens with one attached hydrogen (secondary N) is 1. The van der Waals surface area contributed by atoms with Crippen LogP contribution in [0.4, 0.5) is 0 Å². The average molecular weight is 228 g/mol. The van der Waals surface area contributed by atoms with Crippen molar-refractivity contribution in [3.8, 4) is 0 Å². The quantitative estimate of drug-likeness (QED) is 0.698. The summed E-state index contributed by atoms with van der Waals surface area (Å²) in [6, 6.07) is -0.204. The number of hydrogen-bond acceptors (Lipinski definition) is 4. The summed E-state index contributed by atoms with van der Waals surface area (Å²) < 4.78 is 4.59. The van der Waals surface area contributed by atoms with Crippen LogP contribution in [-0.2, 0) is 14.3 Å². The smallest absolute Gasteiger partial charge is 0.307 e. The summed E-state index contributed by atoms with van der Waals surface area (Å²) in [5.41, 5.74) is 0. The van der Waals surface area contributed by atoms with E-state index in [4.69, 9.17) is 0 Å². The maximum Gasteiger partial charge on any atom is 0.307 e. The minimum atomic E-state index is -0.433. The Bertz CT molecular complexity index is 268. The number of nitrogens with zero attached hydrogens (tertiary/aromatic N) is 1. The van der Waals surface area contributed by atoms with Gasteiger partial charge in [-0.3, -0.25) is 9.59 Å². The van der Waals surface area contributed by atoms with E-state index in [0.29, 0.717) is 6.54 Å². The van der Waals surface area contributed by atoms with Gasteiger partial charge in [-0.2, -0.15) is 0 Å². The lowest BCUT2D eigenvalue weighted by Crippen LogP contribution is -2.46. The van der Waals surface area contributed by atoms with Gasteiger partial charge in [0.05, 0.1) is 19.6 Å². The molecule has 1 aliphatic rings. The Kier molecular flexibility index (Phi) is 4.73. The summed E-state index contributed by atoms with van der Waals surface area (Å²) in [5, 5.41) is 3.10. The number of esters is 1. The second-order valence-corrected chi connectivity index (χ2v) is 4.05. The number of carbonyl (C=O) groups is 2. The highest BCUT2D eigenvalue weighted by Gasteiger charge is 2.31. The molecule has 1 saturated heterocycles. The van der Waals surface area contributed by atoms with Crippen molar-refractivity contribution in [1.29, 1.82) is 0 Å². The fourth-order valence-electron chi connectivity index (χ4n) is 2.00. The van der Waals surface area contributed by atoms with E-state index in [0.717, 1.165) is 13.0 Å². The Morgan fingerprint density at radius 3 is 2.88 bits per heavy atom. The zero-order chi connectivity index (χ0) is 12.1. The Labute approximate surface area is 96.1 Å². The highest BCUT2D eigenvalue weighted by atomic mass is 16.5. The first-order chi connectivity index (χ1) is 7.60. The first-order valence-electron chi connectivity index (χ1n) is 5.70. The molecule has 5 heteroatoms. The van der Waals surface area contributed by atoms with Gasteiger partial charge in [-0.25, -0.2) is 0 Å². The third-order valence-electron chi connectivity index (χ3n) is 3.01. The summed E-state index contributed by atoms with van der Waals surface area (Å²) in [6.45, 7) is 5.42. The zero-order valence-corrected chi connectivity index (χ0v) is 10.2. The third kappa shape index (κ3) is 2.95. The van der Waals surface area contributed by atoms with Gasteiger partial charge < -0.3 is 15.0 Å². The van der Waals surface area contributed by atoms with Crippen LogP contribution in [0.2, 0.25) is 0 Å². The molecule has 1 amide bonds. The predicted molar refractivity (Wildman–Crippen MR) is 59.9 cm³/mol. The number of rotatable bonds is 3. The van der Waals surface area contributed by atoms with Crippen molar-refractivity contribution in [2.45, 2.75) is 38.8 Å². The van der Waals surface area contributed by atoms with Crippen LogP contribution < -0.4 is 5.32 Å². The van der Waals surface area contributed by atoms with Crippen molar-refractivity contribution in [1.82, 2.24) is 10.2 Å². The molecule has 0 saturated carbocycles. The molecule has 1 N–H and O–H groups in total. The lowest BCUT2D eigenvalue weighted by Gasteiger charge is -2.27. The molecule has 0 radical (unpaired) electrons. The van der Waals surface area contributed by atoms with E-state index in [1.165, 1.54) is 7.11 Å². The predicted octanol–water partition coefficient (Wildman–Crippen LogP) is 0.148. The van der Waals surface area contributed by atoms with Crippen molar-refractivity contribution < 1.29 is 14.3 Å². The molecule has 5 nitrogen and oxygen atoms in total. The molecular formula is C11H20N2O3. The average Bonchev–Trinajstić information content (AvgIpc) is 2.39. The molecule has 2 atom stereocenters. The molecule has 1 rings (SSSR count). The first-order valence-corrected chi connectivity index (χ1v) is 5.70. The molecule has 0 aromatic carbocycles. The van der Waals surface area contributed by atoms with Crippen LogP contribution in [0.1, 0.15) is 26.7 Å². The van der Waals surface area contributed by atoms with Crippen LogP contribution in [0.15, 0.2) is 0 Å².